The molecule has 0 radical (unpaired) electrons. The number of carbonyl (C=O) groups is 3. The lowest BCUT2D eigenvalue weighted by Crippen LogP contribution is -2.46. The van der Waals surface area contributed by atoms with Crippen LogP contribution in [0.15, 0.2) is 6.07 Å². The van der Waals surface area contributed by atoms with E-state index in [2.05, 4.69) is 36.3 Å². The molecule has 1 aromatic heterocycles. The van der Waals surface area contributed by atoms with E-state index in [-0.39, 0.29) is 29.1 Å². The number of amides is 3. The summed E-state index contributed by atoms with van der Waals surface area (Å²) in [5, 5.41) is 10.3. The van der Waals surface area contributed by atoms with E-state index in [1.54, 1.807) is 4.90 Å². The first-order chi connectivity index (χ1) is 13.7. The van der Waals surface area contributed by atoms with Gasteiger partial charge >= 0.3 is 0 Å². The Hall–Kier alpha value is -2.38. The summed E-state index contributed by atoms with van der Waals surface area (Å²) in [5.74, 6) is 0.0982. The molecule has 1 aromatic rings. The van der Waals surface area contributed by atoms with Gasteiger partial charge in [-0.1, -0.05) is 20.8 Å². The molecule has 2 fully saturated rings. The van der Waals surface area contributed by atoms with Crippen LogP contribution in [0.3, 0.4) is 0 Å². The smallest absolute Gasteiger partial charge is 0.225 e. The zero-order valence-corrected chi connectivity index (χ0v) is 17.8. The third kappa shape index (κ3) is 5.58. The van der Waals surface area contributed by atoms with E-state index < -0.39 is 0 Å². The molecule has 160 valence electrons. The van der Waals surface area contributed by atoms with Crippen LogP contribution in [0, 0.1) is 5.92 Å². The highest BCUT2D eigenvalue weighted by Gasteiger charge is 2.30. The predicted molar refractivity (Wildman–Crippen MR) is 109 cm³/mol. The van der Waals surface area contributed by atoms with Gasteiger partial charge in [-0.15, -0.1) is 0 Å². The van der Waals surface area contributed by atoms with E-state index in [0.29, 0.717) is 45.4 Å². The molecule has 0 aromatic carbocycles. The standard InChI is InChI=1S/C21H33N5O3/c1-21(2,3)17-12-16(23-24-17)13-22-20(29)15-7-8-19(28)26(14-15)11-5-10-25-9-4-6-18(25)27/h12,15H,4-11,13-14H2,1-3H3,(H,22,29)(H,23,24). The molecule has 0 bridgehead atoms. The van der Waals surface area contributed by atoms with Crippen molar-refractivity contribution in [3.63, 3.8) is 0 Å². The Morgan fingerprint density at radius 3 is 2.59 bits per heavy atom. The van der Waals surface area contributed by atoms with Crippen LogP contribution in [-0.4, -0.2) is 63.9 Å². The van der Waals surface area contributed by atoms with Crippen molar-refractivity contribution in [2.24, 2.45) is 5.92 Å². The lowest BCUT2D eigenvalue weighted by molar-refractivity contribution is -0.138. The number of likely N-dealkylation sites (tertiary alicyclic amines) is 2. The maximum atomic E-state index is 12.6. The van der Waals surface area contributed by atoms with Crippen LogP contribution < -0.4 is 5.32 Å². The molecule has 3 heterocycles. The minimum absolute atomic E-state index is 0.0240. The van der Waals surface area contributed by atoms with Crippen molar-refractivity contribution in [1.29, 1.82) is 0 Å². The second-order valence-electron chi connectivity index (χ2n) is 9.16. The fraction of sp³-hybridized carbons (Fsp3) is 0.714. The molecule has 8 nitrogen and oxygen atoms in total. The average molecular weight is 404 g/mol. The van der Waals surface area contributed by atoms with Crippen LogP contribution >= 0.6 is 0 Å². The topological polar surface area (TPSA) is 98.4 Å². The van der Waals surface area contributed by atoms with Crippen LogP contribution in [0.1, 0.15) is 64.3 Å². The number of aromatic nitrogens is 2. The minimum atomic E-state index is -0.189. The van der Waals surface area contributed by atoms with Gasteiger partial charge in [0.25, 0.3) is 0 Å². The van der Waals surface area contributed by atoms with Gasteiger partial charge in [0.05, 0.1) is 23.9 Å². The van der Waals surface area contributed by atoms with E-state index in [9.17, 15) is 14.4 Å². The lowest BCUT2D eigenvalue weighted by Gasteiger charge is -2.32. The minimum Gasteiger partial charge on any atom is -0.350 e. The highest BCUT2D eigenvalue weighted by Crippen LogP contribution is 2.21. The van der Waals surface area contributed by atoms with Crippen LogP contribution in [0.25, 0.3) is 0 Å². The summed E-state index contributed by atoms with van der Waals surface area (Å²) in [4.78, 5) is 40.2. The number of aromatic amines is 1. The summed E-state index contributed by atoms with van der Waals surface area (Å²) in [7, 11) is 0. The molecule has 3 rings (SSSR count). The Bertz CT molecular complexity index is 752. The van der Waals surface area contributed by atoms with E-state index in [1.807, 2.05) is 11.0 Å². The van der Waals surface area contributed by atoms with Crippen molar-refractivity contribution in [2.75, 3.05) is 26.2 Å². The van der Waals surface area contributed by atoms with Gasteiger partial charge in [0.1, 0.15) is 0 Å². The van der Waals surface area contributed by atoms with Gasteiger partial charge in [0.15, 0.2) is 0 Å². The Kier molecular flexibility index (Phi) is 6.59. The number of nitrogens with one attached hydrogen (secondary N) is 2. The van der Waals surface area contributed by atoms with Gasteiger partial charge in [-0.05, 0) is 25.3 Å². The zero-order valence-electron chi connectivity index (χ0n) is 17.8. The van der Waals surface area contributed by atoms with Crippen LogP contribution in [0.5, 0.6) is 0 Å². The molecular formula is C21H33N5O3. The van der Waals surface area contributed by atoms with Gasteiger partial charge in [-0.3, -0.25) is 19.5 Å². The molecule has 29 heavy (non-hydrogen) atoms. The molecule has 2 aliphatic rings. The first-order valence-corrected chi connectivity index (χ1v) is 10.6. The number of nitrogens with zero attached hydrogens (tertiary/aromatic N) is 3. The molecule has 0 aliphatic carbocycles. The van der Waals surface area contributed by atoms with E-state index >= 15 is 0 Å². The monoisotopic (exact) mass is 403 g/mol. The number of hydrogen-bond acceptors (Lipinski definition) is 4. The largest absolute Gasteiger partial charge is 0.350 e. The molecule has 2 N–H and O–H groups in total. The van der Waals surface area contributed by atoms with Gasteiger partial charge in [-0.25, -0.2) is 0 Å². The molecule has 3 amide bonds. The average Bonchev–Trinajstić information content (AvgIpc) is 3.30. The number of rotatable bonds is 7. The Morgan fingerprint density at radius 1 is 1.21 bits per heavy atom. The van der Waals surface area contributed by atoms with Gasteiger partial charge < -0.3 is 15.1 Å². The van der Waals surface area contributed by atoms with E-state index in [1.165, 1.54) is 0 Å². The highest BCUT2D eigenvalue weighted by atomic mass is 16.2. The molecule has 0 spiro atoms. The summed E-state index contributed by atoms with van der Waals surface area (Å²) in [6.45, 7) is 9.26. The van der Waals surface area contributed by atoms with Crippen LogP contribution in [-0.2, 0) is 26.3 Å². The van der Waals surface area contributed by atoms with Crippen LogP contribution in [0.4, 0.5) is 0 Å². The number of H-pyrrole nitrogens is 1. The maximum Gasteiger partial charge on any atom is 0.225 e. The first-order valence-electron chi connectivity index (χ1n) is 10.6. The first kappa shape index (κ1) is 21.3. The third-order valence-electron chi connectivity index (χ3n) is 5.75. The molecule has 8 heteroatoms. The van der Waals surface area contributed by atoms with Crippen molar-refractivity contribution in [3.8, 4) is 0 Å². The molecular weight excluding hydrogens is 370 g/mol. The predicted octanol–water partition coefficient (Wildman–Crippen LogP) is 1.57. The van der Waals surface area contributed by atoms with Gasteiger partial charge in [0.2, 0.25) is 17.7 Å². The fourth-order valence-electron chi connectivity index (χ4n) is 3.90. The van der Waals surface area contributed by atoms with Crippen LogP contribution in [0.2, 0.25) is 0 Å². The highest BCUT2D eigenvalue weighted by molar-refractivity contribution is 5.83. The molecule has 2 aliphatic heterocycles. The van der Waals surface area contributed by atoms with Gasteiger partial charge in [-0.2, -0.15) is 5.10 Å². The number of piperidine rings is 1. The lowest BCUT2D eigenvalue weighted by atomic mass is 9.92. The Balaban J connectivity index is 1.45. The normalized spacial score (nSPS) is 20.4. The van der Waals surface area contributed by atoms with Gasteiger partial charge in [0, 0.05) is 44.4 Å². The Labute approximate surface area is 172 Å². The summed E-state index contributed by atoms with van der Waals surface area (Å²) in [6, 6.07) is 1.98. The van der Waals surface area contributed by atoms with Crippen molar-refractivity contribution < 1.29 is 14.4 Å². The molecule has 2 saturated heterocycles. The summed E-state index contributed by atoms with van der Waals surface area (Å²) in [6.07, 6.45) is 3.31. The van der Waals surface area contributed by atoms with E-state index in [4.69, 9.17) is 0 Å². The van der Waals surface area contributed by atoms with Crippen molar-refractivity contribution >= 4 is 17.7 Å². The molecule has 1 unspecified atom stereocenters. The summed E-state index contributed by atoms with van der Waals surface area (Å²) in [5.41, 5.74) is 1.80. The number of carbonyl (C=O) groups excluding carboxylic acids is 3. The quantitative estimate of drug-likeness (QED) is 0.722. The number of hydrogen-bond donors (Lipinski definition) is 2. The second kappa shape index (κ2) is 8.97. The van der Waals surface area contributed by atoms with Crippen molar-refractivity contribution in [3.05, 3.63) is 17.5 Å². The maximum absolute atomic E-state index is 12.6. The molecule has 1 atom stereocenters. The van der Waals surface area contributed by atoms with Crippen molar-refractivity contribution in [2.45, 2.75) is 64.8 Å². The van der Waals surface area contributed by atoms with E-state index in [0.717, 1.165) is 30.8 Å². The Morgan fingerprint density at radius 2 is 1.93 bits per heavy atom. The second-order valence-corrected chi connectivity index (χ2v) is 9.16. The van der Waals surface area contributed by atoms with Crippen molar-refractivity contribution in [1.82, 2.24) is 25.3 Å². The fourth-order valence-corrected chi connectivity index (χ4v) is 3.90. The third-order valence-corrected chi connectivity index (χ3v) is 5.75. The zero-order chi connectivity index (χ0) is 21.0. The summed E-state index contributed by atoms with van der Waals surface area (Å²) >= 11 is 0. The SMILES string of the molecule is CC(C)(C)c1cc(CNC(=O)C2CCC(=O)N(CCCN3CCCC3=O)C2)[nH]n1. The molecule has 0 saturated carbocycles. The summed E-state index contributed by atoms with van der Waals surface area (Å²) < 4.78 is 0.